The molecule has 30 heavy (non-hydrogen) atoms. The normalized spacial score (nSPS) is 10.9. The summed E-state index contributed by atoms with van der Waals surface area (Å²) in [6, 6.07) is 18.7. The first-order chi connectivity index (χ1) is 14.6. The van der Waals surface area contributed by atoms with Crippen LogP contribution in [0, 0.1) is 0 Å². The molecule has 4 rings (SSSR count). The Bertz CT molecular complexity index is 1140. The summed E-state index contributed by atoms with van der Waals surface area (Å²) in [4.78, 5) is 17.0. The Kier molecular flexibility index (Phi) is 6.47. The van der Waals surface area contributed by atoms with E-state index < -0.39 is 0 Å². The number of aromatic nitrogens is 2. The van der Waals surface area contributed by atoms with E-state index in [1.54, 1.807) is 24.5 Å². The fourth-order valence-corrected chi connectivity index (χ4v) is 4.05. The van der Waals surface area contributed by atoms with Crippen LogP contribution in [-0.2, 0) is 11.3 Å². The standard InChI is InChI=1S/C22H17Cl2N3O2S/c23-16-8-9-18(24)19(11-16)26-21(28)14-30-22-25-12-20(15-5-2-1-3-6-15)27(22)13-17-7-4-10-29-17/h1-12H,13-14H2,(H,26,28). The number of imidazole rings is 1. The van der Waals surface area contributed by atoms with Crippen LogP contribution < -0.4 is 5.32 Å². The van der Waals surface area contributed by atoms with Gasteiger partial charge in [-0.1, -0.05) is 65.3 Å². The van der Waals surface area contributed by atoms with Crippen molar-refractivity contribution in [2.24, 2.45) is 0 Å². The first-order valence-electron chi connectivity index (χ1n) is 9.11. The number of amides is 1. The quantitative estimate of drug-likeness (QED) is 0.334. The van der Waals surface area contributed by atoms with Crippen LogP contribution in [0.1, 0.15) is 5.76 Å². The molecule has 4 aromatic rings. The number of carbonyl (C=O) groups is 1. The van der Waals surface area contributed by atoms with Crippen molar-refractivity contribution in [3.63, 3.8) is 0 Å². The topological polar surface area (TPSA) is 60.1 Å². The zero-order chi connectivity index (χ0) is 20.9. The molecule has 152 valence electrons. The molecule has 0 atom stereocenters. The number of thioether (sulfide) groups is 1. The molecule has 2 heterocycles. The second-order valence-electron chi connectivity index (χ2n) is 6.42. The summed E-state index contributed by atoms with van der Waals surface area (Å²) in [5.74, 6) is 0.784. The molecule has 0 unspecified atom stereocenters. The summed E-state index contributed by atoms with van der Waals surface area (Å²) in [6.07, 6.45) is 3.45. The fourth-order valence-electron chi connectivity index (χ4n) is 2.93. The Morgan fingerprint density at radius 1 is 1.10 bits per heavy atom. The first kappa shape index (κ1) is 20.6. The lowest BCUT2D eigenvalue weighted by molar-refractivity contribution is -0.113. The lowest BCUT2D eigenvalue weighted by Gasteiger charge is -2.11. The molecule has 0 aliphatic carbocycles. The van der Waals surface area contributed by atoms with Gasteiger partial charge in [-0.3, -0.25) is 4.79 Å². The SMILES string of the molecule is O=C(CSc1ncc(-c2ccccc2)n1Cc1ccco1)Nc1cc(Cl)ccc1Cl. The van der Waals surface area contributed by atoms with E-state index >= 15 is 0 Å². The van der Waals surface area contributed by atoms with Gasteiger partial charge in [0, 0.05) is 5.02 Å². The Hall–Kier alpha value is -2.67. The molecule has 2 aromatic carbocycles. The zero-order valence-electron chi connectivity index (χ0n) is 15.7. The minimum absolute atomic E-state index is 0.173. The van der Waals surface area contributed by atoms with Crippen molar-refractivity contribution >= 4 is 46.6 Å². The molecule has 1 amide bonds. The molecule has 0 radical (unpaired) electrons. The predicted octanol–water partition coefficient (Wildman–Crippen LogP) is 6.23. The Labute approximate surface area is 188 Å². The third-order valence-electron chi connectivity index (χ3n) is 4.32. The number of carbonyl (C=O) groups excluding carboxylic acids is 1. The molecule has 5 nitrogen and oxygen atoms in total. The van der Waals surface area contributed by atoms with Gasteiger partial charge < -0.3 is 14.3 Å². The minimum atomic E-state index is -0.196. The molecule has 0 spiro atoms. The van der Waals surface area contributed by atoms with Crippen molar-refractivity contribution in [3.8, 4) is 11.3 Å². The van der Waals surface area contributed by atoms with Gasteiger partial charge in [0.25, 0.3) is 0 Å². The van der Waals surface area contributed by atoms with Crippen LogP contribution in [0.15, 0.2) is 82.7 Å². The summed E-state index contributed by atoms with van der Waals surface area (Å²) < 4.78 is 7.56. The molecule has 0 aliphatic heterocycles. The monoisotopic (exact) mass is 457 g/mol. The molecule has 0 saturated heterocycles. The molecule has 0 saturated carbocycles. The molecule has 2 aromatic heterocycles. The maximum absolute atomic E-state index is 12.5. The van der Waals surface area contributed by atoms with Gasteiger partial charge in [0.15, 0.2) is 5.16 Å². The smallest absolute Gasteiger partial charge is 0.234 e. The number of nitrogens with zero attached hydrogens (tertiary/aromatic N) is 2. The van der Waals surface area contributed by atoms with Gasteiger partial charge in [-0.05, 0) is 35.9 Å². The second-order valence-corrected chi connectivity index (χ2v) is 8.20. The number of furan rings is 1. The maximum atomic E-state index is 12.5. The Morgan fingerprint density at radius 2 is 1.93 bits per heavy atom. The van der Waals surface area contributed by atoms with E-state index in [0.717, 1.165) is 22.2 Å². The molecular weight excluding hydrogens is 441 g/mol. The van der Waals surface area contributed by atoms with Crippen molar-refractivity contribution in [1.29, 1.82) is 0 Å². The molecule has 0 aliphatic rings. The second kappa shape index (κ2) is 9.43. The van der Waals surface area contributed by atoms with Crippen molar-refractivity contribution in [1.82, 2.24) is 9.55 Å². The lowest BCUT2D eigenvalue weighted by atomic mass is 10.2. The van der Waals surface area contributed by atoms with E-state index in [2.05, 4.69) is 10.3 Å². The largest absolute Gasteiger partial charge is 0.467 e. The highest BCUT2D eigenvalue weighted by Crippen LogP contribution is 2.29. The van der Waals surface area contributed by atoms with Gasteiger partial charge in [0.2, 0.25) is 5.91 Å². The summed E-state index contributed by atoms with van der Waals surface area (Å²) in [5, 5.41) is 4.45. The predicted molar refractivity (Wildman–Crippen MR) is 121 cm³/mol. The van der Waals surface area contributed by atoms with Crippen LogP contribution in [-0.4, -0.2) is 21.2 Å². The first-order valence-corrected chi connectivity index (χ1v) is 10.9. The van der Waals surface area contributed by atoms with Gasteiger partial charge in [-0.15, -0.1) is 0 Å². The zero-order valence-corrected chi connectivity index (χ0v) is 18.0. The average molecular weight is 458 g/mol. The van der Waals surface area contributed by atoms with Crippen molar-refractivity contribution in [2.45, 2.75) is 11.7 Å². The van der Waals surface area contributed by atoms with Gasteiger partial charge in [-0.25, -0.2) is 4.98 Å². The number of anilines is 1. The van der Waals surface area contributed by atoms with Gasteiger partial charge in [0.1, 0.15) is 5.76 Å². The number of rotatable bonds is 7. The molecular formula is C22H17Cl2N3O2S. The summed E-state index contributed by atoms with van der Waals surface area (Å²) in [5.41, 5.74) is 2.48. The molecule has 0 bridgehead atoms. The van der Waals surface area contributed by atoms with Crippen LogP contribution in [0.3, 0.4) is 0 Å². The molecule has 0 fully saturated rings. The van der Waals surface area contributed by atoms with Crippen LogP contribution in [0.4, 0.5) is 5.69 Å². The average Bonchev–Trinajstić information content (AvgIpc) is 3.40. The van der Waals surface area contributed by atoms with Gasteiger partial charge in [0.05, 0.1) is 41.2 Å². The van der Waals surface area contributed by atoms with E-state index in [4.69, 9.17) is 27.6 Å². The van der Waals surface area contributed by atoms with Gasteiger partial charge in [-0.2, -0.15) is 0 Å². The summed E-state index contributed by atoms with van der Waals surface area (Å²) >= 11 is 13.5. The van der Waals surface area contributed by atoms with Crippen molar-refractivity contribution < 1.29 is 9.21 Å². The summed E-state index contributed by atoms with van der Waals surface area (Å²) in [6.45, 7) is 0.515. The number of nitrogens with one attached hydrogen (secondary N) is 1. The number of halogens is 2. The van der Waals surface area contributed by atoms with E-state index in [0.29, 0.717) is 22.3 Å². The van der Waals surface area contributed by atoms with E-state index in [-0.39, 0.29) is 11.7 Å². The van der Waals surface area contributed by atoms with Gasteiger partial charge >= 0.3 is 0 Å². The van der Waals surface area contributed by atoms with Crippen molar-refractivity contribution in [2.75, 3.05) is 11.1 Å². The van der Waals surface area contributed by atoms with Crippen molar-refractivity contribution in [3.05, 3.63) is 88.9 Å². The van der Waals surface area contributed by atoms with Crippen LogP contribution in [0.25, 0.3) is 11.3 Å². The number of benzene rings is 2. The molecule has 1 N–H and O–H groups in total. The van der Waals surface area contributed by atoms with E-state index in [1.807, 2.05) is 53.2 Å². The van der Waals surface area contributed by atoms with Crippen LogP contribution in [0.5, 0.6) is 0 Å². The Balaban J connectivity index is 1.52. The van der Waals surface area contributed by atoms with Crippen LogP contribution in [0.2, 0.25) is 10.0 Å². The lowest BCUT2D eigenvalue weighted by Crippen LogP contribution is -2.15. The van der Waals surface area contributed by atoms with Crippen LogP contribution >= 0.6 is 35.0 Å². The van der Waals surface area contributed by atoms with E-state index in [9.17, 15) is 4.79 Å². The number of hydrogen-bond acceptors (Lipinski definition) is 4. The Morgan fingerprint density at radius 3 is 2.70 bits per heavy atom. The fraction of sp³-hybridized carbons (Fsp3) is 0.0909. The molecule has 8 heteroatoms. The highest BCUT2D eigenvalue weighted by atomic mass is 35.5. The third-order valence-corrected chi connectivity index (χ3v) is 5.87. The maximum Gasteiger partial charge on any atom is 0.234 e. The third kappa shape index (κ3) is 4.90. The highest BCUT2D eigenvalue weighted by Gasteiger charge is 2.16. The number of hydrogen-bond donors (Lipinski definition) is 1. The highest BCUT2D eigenvalue weighted by molar-refractivity contribution is 7.99. The minimum Gasteiger partial charge on any atom is -0.467 e. The summed E-state index contributed by atoms with van der Waals surface area (Å²) in [7, 11) is 0. The van der Waals surface area contributed by atoms with E-state index in [1.165, 1.54) is 11.8 Å².